The smallest absolute Gasteiger partial charge is 0.254 e. The highest BCUT2D eigenvalue weighted by Crippen LogP contribution is 2.40. The lowest BCUT2D eigenvalue weighted by molar-refractivity contribution is 0.639. The Morgan fingerprint density at radius 1 is 1.36 bits per heavy atom. The van der Waals surface area contributed by atoms with Crippen molar-refractivity contribution in [3.8, 4) is 0 Å². The minimum Gasteiger partial charge on any atom is -0.285 e. The standard InChI is InChI=1S/C10H12N4/c1-6-5-7(2)9-8(6)12-10-13-11-3-4-14(9)10/h3-4,6-7H,5H2,1-2H3. The van der Waals surface area contributed by atoms with Gasteiger partial charge in [-0.05, 0) is 12.3 Å². The molecule has 0 N–H and O–H groups in total. The van der Waals surface area contributed by atoms with E-state index in [2.05, 4.69) is 33.4 Å². The van der Waals surface area contributed by atoms with Gasteiger partial charge in [-0.3, -0.25) is 4.40 Å². The molecule has 1 aliphatic carbocycles. The van der Waals surface area contributed by atoms with Crippen molar-refractivity contribution in [2.45, 2.75) is 32.1 Å². The number of hydrogen-bond acceptors (Lipinski definition) is 3. The van der Waals surface area contributed by atoms with Gasteiger partial charge >= 0.3 is 0 Å². The Balaban J connectivity index is 2.37. The van der Waals surface area contributed by atoms with Gasteiger partial charge in [0.05, 0.1) is 17.6 Å². The minimum atomic E-state index is 0.557. The first-order chi connectivity index (χ1) is 6.77. The van der Waals surface area contributed by atoms with E-state index in [1.807, 2.05) is 6.20 Å². The Hall–Kier alpha value is -1.45. The van der Waals surface area contributed by atoms with Crippen molar-refractivity contribution in [2.75, 3.05) is 0 Å². The molecule has 4 heteroatoms. The molecule has 2 aromatic rings. The largest absolute Gasteiger partial charge is 0.285 e. The van der Waals surface area contributed by atoms with Crippen LogP contribution in [0.15, 0.2) is 12.4 Å². The molecule has 2 heterocycles. The molecule has 0 amide bonds. The lowest BCUT2D eigenvalue weighted by Crippen LogP contribution is -1.97. The van der Waals surface area contributed by atoms with Crippen LogP contribution < -0.4 is 0 Å². The number of imidazole rings is 1. The summed E-state index contributed by atoms with van der Waals surface area (Å²) in [5.74, 6) is 1.87. The molecule has 0 aromatic carbocycles. The third kappa shape index (κ3) is 0.855. The molecule has 0 aliphatic heterocycles. The van der Waals surface area contributed by atoms with E-state index in [0.29, 0.717) is 11.8 Å². The number of rotatable bonds is 0. The summed E-state index contributed by atoms with van der Waals surface area (Å²) in [4.78, 5) is 4.51. The van der Waals surface area contributed by atoms with Crippen LogP contribution in [0.5, 0.6) is 0 Å². The molecule has 0 saturated carbocycles. The lowest BCUT2D eigenvalue weighted by Gasteiger charge is -2.03. The van der Waals surface area contributed by atoms with Crippen molar-refractivity contribution in [2.24, 2.45) is 0 Å². The second-order valence-corrected chi connectivity index (χ2v) is 4.10. The van der Waals surface area contributed by atoms with Crippen LogP contribution in [-0.2, 0) is 0 Å². The average Bonchev–Trinajstić information content (AvgIpc) is 2.66. The molecular weight excluding hydrogens is 176 g/mol. The summed E-state index contributed by atoms with van der Waals surface area (Å²) >= 11 is 0. The molecule has 0 saturated heterocycles. The maximum Gasteiger partial charge on any atom is 0.254 e. The van der Waals surface area contributed by atoms with Crippen LogP contribution in [0.25, 0.3) is 5.78 Å². The number of fused-ring (bicyclic) bond motifs is 3. The van der Waals surface area contributed by atoms with Gasteiger partial charge in [0, 0.05) is 12.1 Å². The van der Waals surface area contributed by atoms with E-state index in [1.54, 1.807) is 6.20 Å². The van der Waals surface area contributed by atoms with Crippen molar-refractivity contribution in [3.05, 3.63) is 23.8 Å². The van der Waals surface area contributed by atoms with Crippen LogP contribution in [0.4, 0.5) is 0 Å². The highest BCUT2D eigenvalue weighted by atomic mass is 15.2. The second kappa shape index (κ2) is 2.53. The van der Waals surface area contributed by atoms with Crippen LogP contribution in [0, 0.1) is 0 Å². The van der Waals surface area contributed by atoms with Gasteiger partial charge in [0.15, 0.2) is 0 Å². The zero-order valence-electron chi connectivity index (χ0n) is 8.31. The third-order valence-corrected chi connectivity index (χ3v) is 3.03. The molecule has 14 heavy (non-hydrogen) atoms. The van der Waals surface area contributed by atoms with Crippen LogP contribution in [-0.4, -0.2) is 19.6 Å². The van der Waals surface area contributed by atoms with Crippen molar-refractivity contribution in [1.82, 2.24) is 19.6 Å². The highest BCUT2D eigenvalue weighted by molar-refractivity contribution is 5.40. The Morgan fingerprint density at radius 3 is 3.07 bits per heavy atom. The normalized spacial score (nSPS) is 25.6. The summed E-state index contributed by atoms with van der Waals surface area (Å²) in [6.45, 7) is 4.47. The van der Waals surface area contributed by atoms with E-state index in [-0.39, 0.29) is 0 Å². The molecule has 0 fully saturated rings. The molecule has 0 bridgehead atoms. The molecule has 2 aromatic heterocycles. The molecule has 3 rings (SSSR count). The van der Waals surface area contributed by atoms with E-state index < -0.39 is 0 Å². The van der Waals surface area contributed by atoms with Crippen molar-refractivity contribution < 1.29 is 0 Å². The van der Waals surface area contributed by atoms with Gasteiger partial charge in [-0.15, -0.1) is 5.10 Å². The van der Waals surface area contributed by atoms with E-state index >= 15 is 0 Å². The van der Waals surface area contributed by atoms with Crippen molar-refractivity contribution >= 4 is 5.78 Å². The van der Waals surface area contributed by atoms with Gasteiger partial charge in [0.2, 0.25) is 0 Å². The lowest BCUT2D eigenvalue weighted by atomic mass is 10.1. The summed E-state index contributed by atoms with van der Waals surface area (Å²) in [5.41, 5.74) is 2.53. The Labute approximate surface area is 82.0 Å². The molecule has 72 valence electrons. The van der Waals surface area contributed by atoms with Crippen molar-refractivity contribution in [1.29, 1.82) is 0 Å². The summed E-state index contributed by atoms with van der Waals surface area (Å²) in [5, 5.41) is 7.86. The summed E-state index contributed by atoms with van der Waals surface area (Å²) in [6.07, 6.45) is 4.86. The maximum absolute atomic E-state index is 4.51. The second-order valence-electron chi connectivity index (χ2n) is 4.10. The minimum absolute atomic E-state index is 0.557. The fourth-order valence-corrected chi connectivity index (χ4v) is 2.46. The van der Waals surface area contributed by atoms with Gasteiger partial charge in [-0.2, -0.15) is 5.10 Å². The first kappa shape index (κ1) is 7.91. The summed E-state index contributed by atoms with van der Waals surface area (Å²) in [7, 11) is 0. The number of hydrogen-bond donors (Lipinski definition) is 0. The Morgan fingerprint density at radius 2 is 2.21 bits per heavy atom. The highest BCUT2D eigenvalue weighted by Gasteiger charge is 2.30. The molecule has 0 spiro atoms. The molecule has 4 nitrogen and oxygen atoms in total. The van der Waals surface area contributed by atoms with E-state index in [1.165, 1.54) is 17.8 Å². The van der Waals surface area contributed by atoms with Crippen LogP contribution in [0.3, 0.4) is 0 Å². The van der Waals surface area contributed by atoms with Crippen molar-refractivity contribution in [3.63, 3.8) is 0 Å². The number of nitrogens with zero attached hydrogens (tertiary/aromatic N) is 4. The van der Waals surface area contributed by atoms with Crippen LogP contribution in [0.2, 0.25) is 0 Å². The molecule has 1 aliphatic rings. The molecule has 2 atom stereocenters. The van der Waals surface area contributed by atoms with Gasteiger partial charge in [-0.1, -0.05) is 13.8 Å². The van der Waals surface area contributed by atoms with E-state index in [0.717, 1.165) is 5.78 Å². The molecule has 0 radical (unpaired) electrons. The Bertz CT molecular complexity index is 488. The zero-order valence-corrected chi connectivity index (χ0v) is 8.31. The fraction of sp³-hybridized carbons (Fsp3) is 0.500. The van der Waals surface area contributed by atoms with Gasteiger partial charge in [-0.25, -0.2) is 4.98 Å². The van der Waals surface area contributed by atoms with Gasteiger partial charge in [0.1, 0.15) is 0 Å². The summed E-state index contributed by atoms with van der Waals surface area (Å²) < 4.78 is 2.07. The SMILES string of the molecule is CC1CC(C)c2c1nc1nnccn21. The molecule has 2 unspecified atom stereocenters. The summed E-state index contributed by atoms with van der Waals surface area (Å²) in [6, 6.07) is 0. The monoisotopic (exact) mass is 188 g/mol. The first-order valence-corrected chi connectivity index (χ1v) is 4.97. The fourth-order valence-electron chi connectivity index (χ4n) is 2.46. The predicted octanol–water partition coefficient (Wildman–Crippen LogP) is 1.73. The molecular formula is C10H12N4. The average molecular weight is 188 g/mol. The zero-order chi connectivity index (χ0) is 9.71. The van der Waals surface area contributed by atoms with Gasteiger partial charge in [0.25, 0.3) is 5.78 Å². The maximum atomic E-state index is 4.51. The quantitative estimate of drug-likeness (QED) is 0.632. The van der Waals surface area contributed by atoms with Gasteiger partial charge < -0.3 is 0 Å². The van der Waals surface area contributed by atoms with Crippen LogP contribution in [0.1, 0.15) is 43.5 Å². The first-order valence-electron chi connectivity index (χ1n) is 4.97. The number of aromatic nitrogens is 4. The topological polar surface area (TPSA) is 43.1 Å². The van der Waals surface area contributed by atoms with E-state index in [9.17, 15) is 0 Å². The van der Waals surface area contributed by atoms with E-state index in [4.69, 9.17) is 0 Å². The third-order valence-electron chi connectivity index (χ3n) is 3.03. The predicted molar refractivity (Wildman–Crippen MR) is 52.2 cm³/mol. The Kier molecular flexibility index (Phi) is 1.43. The van der Waals surface area contributed by atoms with Crippen LogP contribution >= 0.6 is 0 Å².